The van der Waals surface area contributed by atoms with Crippen LogP contribution in [0, 0.1) is 16.0 Å². The van der Waals surface area contributed by atoms with Crippen LogP contribution in [0.3, 0.4) is 0 Å². The second-order valence-corrected chi connectivity index (χ2v) is 4.34. The van der Waals surface area contributed by atoms with Crippen molar-refractivity contribution in [3.05, 3.63) is 27.8 Å². The first-order chi connectivity index (χ1) is 10.0. The van der Waals surface area contributed by atoms with Crippen molar-refractivity contribution < 1.29 is 24.0 Å². The normalized spacial score (nSPS) is 16.7. The summed E-state index contributed by atoms with van der Waals surface area (Å²) in [5.41, 5.74) is -0.279. The first-order valence-corrected chi connectivity index (χ1v) is 6.31. The summed E-state index contributed by atoms with van der Waals surface area (Å²) in [6.45, 7) is 1.77. The largest absolute Gasteiger partial charge is 0.495 e. The van der Waals surface area contributed by atoms with Crippen LogP contribution in [0.15, 0.2) is 12.1 Å². The predicted molar refractivity (Wildman–Crippen MR) is 72.6 cm³/mol. The van der Waals surface area contributed by atoms with Crippen molar-refractivity contribution in [3.63, 3.8) is 0 Å². The van der Waals surface area contributed by atoms with E-state index in [4.69, 9.17) is 9.47 Å². The average molecular weight is 294 g/mol. The van der Waals surface area contributed by atoms with Crippen molar-refractivity contribution >= 4 is 23.1 Å². The molecule has 0 aromatic heterocycles. The molecule has 1 atom stereocenters. The highest BCUT2D eigenvalue weighted by molar-refractivity contribution is 6.16. The fraction of sp³-hybridized carbons (Fsp3) is 0.385. The summed E-state index contributed by atoms with van der Waals surface area (Å²) in [5, 5.41) is 13.9. The van der Waals surface area contributed by atoms with Crippen LogP contribution in [0.5, 0.6) is 5.75 Å². The van der Waals surface area contributed by atoms with E-state index in [-0.39, 0.29) is 30.1 Å². The van der Waals surface area contributed by atoms with Crippen LogP contribution in [0.25, 0.3) is 0 Å². The minimum atomic E-state index is -1.09. The Balaban J connectivity index is 2.52. The van der Waals surface area contributed by atoms with Gasteiger partial charge in [0, 0.05) is 12.6 Å². The van der Waals surface area contributed by atoms with Gasteiger partial charge < -0.3 is 14.8 Å². The number of methoxy groups -OCH3 is 1. The molecule has 1 aromatic carbocycles. The monoisotopic (exact) mass is 294 g/mol. The Bertz CT molecular complexity index is 613. The third kappa shape index (κ3) is 2.51. The maximum atomic E-state index is 12.4. The molecular weight excluding hydrogens is 280 g/mol. The van der Waals surface area contributed by atoms with Crippen molar-refractivity contribution in [1.29, 1.82) is 0 Å². The van der Waals surface area contributed by atoms with Crippen molar-refractivity contribution in [2.45, 2.75) is 6.92 Å². The number of esters is 1. The molecule has 0 fully saturated rings. The molecule has 112 valence electrons. The molecule has 8 nitrogen and oxygen atoms in total. The van der Waals surface area contributed by atoms with Crippen LogP contribution in [0.1, 0.15) is 17.3 Å². The Morgan fingerprint density at radius 2 is 2.24 bits per heavy atom. The molecule has 1 aliphatic rings. The Morgan fingerprint density at radius 1 is 1.52 bits per heavy atom. The standard InChI is InChI=1S/C13H14N2O6/c1-3-21-13(17)7-6-14-11-9(20-2)5-4-8(15(18)19)10(11)12(7)16/h4-5,7,14H,3,6H2,1-2H3. The van der Waals surface area contributed by atoms with E-state index in [1.807, 2.05) is 0 Å². The van der Waals surface area contributed by atoms with Gasteiger partial charge in [0.2, 0.25) is 0 Å². The van der Waals surface area contributed by atoms with E-state index < -0.39 is 22.6 Å². The SMILES string of the molecule is CCOC(=O)C1CNc2c(OC)ccc([N+](=O)[O-])c2C1=O. The number of nitrogens with zero attached hydrogens (tertiary/aromatic N) is 1. The van der Waals surface area contributed by atoms with E-state index in [1.54, 1.807) is 6.92 Å². The lowest BCUT2D eigenvalue weighted by atomic mass is 9.91. The van der Waals surface area contributed by atoms with Gasteiger partial charge in [-0.05, 0) is 13.0 Å². The quantitative estimate of drug-likeness (QED) is 0.387. The molecule has 0 radical (unpaired) electrons. The Kier molecular flexibility index (Phi) is 4.06. The fourth-order valence-electron chi connectivity index (χ4n) is 2.22. The van der Waals surface area contributed by atoms with Crippen LogP contribution in [0.2, 0.25) is 0 Å². The third-order valence-corrected chi connectivity index (χ3v) is 3.18. The lowest BCUT2D eigenvalue weighted by Gasteiger charge is -2.24. The van der Waals surface area contributed by atoms with Crippen LogP contribution in [0.4, 0.5) is 11.4 Å². The zero-order valence-electron chi connectivity index (χ0n) is 11.5. The number of anilines is 1. The van der Waals surface area contributed by atoms with E-state index in [9.17, 15) is 19.7 Å². The van der Waals surface area contributed by atoms with Gasteiger partial charge in [-0.2, -0.15) is 0 Å². The van der Waals surface area contributed by atoms with Gasteiger partial charge in [0.1, 0.15) is 17.2 Å². The van der Waals surface area contributed by atoms with Gasteiger partial charge in [0.15, 0.2) is 5.78 Å². The number of hydrogen-bond donors (Lipinski definition) is 1. The number of rotatable bonds is 4. The van der Waals surface area contributed by atoms with E-state index in [2.05, 4.69) is 5.32 Å². The van der Waals surface area contributed by atoms with E-state index >= 15 is 0 Å². The highest BCUT2D eigenvalue weighted by Crippen LogP contribution is 2.39. The number of nitrogens with one attached hydrogen (secondary N) is 1. The van der Waals surface area contributed by atoms with E-state index in [0.29, 0.717) is 5.75 Å². The van der Waals surface area contributed by atoms with Gasteiger partial charge in [0.05, 0.1) is 24.3 Å². The number of Topliss-reactive ketones (excluding diaryl/α,β-unsaturated/α-hetero) is 1. The summed E-state index contributed by atoms with van der Waals surface area (Å²) in [6.07, 6.45) is 0. The Morgan fingerprint density at radius 3 is 2.81 bits per heavy atom. The first-order valence-electron chi connectivity index (χ1n) is 6.31. The number of nitro benzene ring substituents is 1. The molecule has 8 heteroatoms. The van der Waals surface area contributed by atoms with E-state index in [0.717, 1.165) is 0 Å². The number of carbonyl (C=O) groups excluding carboxylic acids is 2. The van der Waals surface area contributed by atoms with Gasteiger partial charge in [-0.25, -0.2) is 0 Å². The lowest BCUT2D eigenvalue weighted by molar-refractivity contribution is -0.385. The molecule has 0 saturated heterocycles. The molecule has 2 rings (SSSR count). The molecule has 1 aliphatic heterocycles. The highest BCUT2D eigenvalue weighted by Gasteiger charge is 2.40. The van der Waals surface area contributed by atoms with Crippen LogP contribution in [-0.4, -0.2) is 36.9 Å². The van der Waals surface area contributed by atoms with Crippen molar-refractivity contribution in [3.8, 4) is 5.75 Å². The number of fused-ring (bicyclic) bond motifs is 1. The molecule has 21 heavy (non-hydrogen) atoms. The summed E-state index contributed by atoms with van der Waals surface area (Å²) in [4.78, 5) is 34.6. The van der Waals surface area contributed by atoms with Crippen LogP contribution >= 0.6 is 0 Å². The molecule has 0 aliphatic carbocycles. The molecule has 0 amide bonds. The minimum Gasteiger partial charge on any atom is -0.495 e. The molecule has 1 heterocycles. The number of ketones is 1. The molecule has 0 saturated carbocycles. The number of ether oxygens (including phenoxy) is 2. The van der Waals surface area contributed by atoms with Crippen molar-refractivity contribution in [2.75, 3.05) is 25.6 Å². The molecule has 0 spiro atoms. The number of carbonyl (C=O) groups is 2. The Labute approximate surface area is 120 Å². The maximum absolute atomic E-state index is 12.4. The van der Waals surface area contributed by atoms with Gasteiger partial charge >= 0.3 is 5.97 Å². The second kappa shape index (κ2) is 5.78. The minimum absolute atomic E-state index is 0.0161. The number of benzene rings is 1. The van der Waals surface area contributed by atoms with Gasteiger partial charge in [-0.3, -0.25) is 19.7 Å². The lowest BCUT2D eigenvalue weighted by Crippen LogP contribution is -2.37. The van der Waals surface area contributed by atoms with Crippen LogP contribution in [-0.2, 0) is 9.53 Å². The molecule has 1 aromatic rings. The van der Waals surface area contributed by atoms with Crippen LogP contribution < -0.4 is 10.1 Å². The van der Waals surface area contributed by atoms with Gasteiger partial charge in [-0.1, -0.05) is 0 Å². The molecular formula is C13H14N2O6. The van der Waals surface area contributed by atoms with Crippen molar-refractivity contribution in [1.82, 2.24) is 0 Å². The first kappa shape index (κ1) is 14.8. The zero-order chi connectivity index (χ0) is 15.6. The third-order valence-electron chi connectivity index (χ3n) is 3.18. The van der Waals surface area contributed by atoms with Gasteiger partial charge in [-0.15, -0.1) is 0 Å². The van der Waals surface area contributed by atoms with E-state index in [1.165, 1.54) is 19.2 Å². The number of hydrogen-bond acceptors (Lipinski definition) is 7. The molecule has 1 unspecified atom stereocenters. The molecule has 1 N–H and O–H groups in total. The average Bonchev–Trinajstić information content (AvgIpc) is 2.46. The fourth-order valence-corrected chi connectivity index (χ4v) is 2.22. The summed E-state index contributed by atoms with van der Waals surface area (Å²) in [5.74, 6) is -2.11. The predicted octanol–water partition coefficient (Wildman–Crippen LogP) is 1.39. The molecule has 0 bridgehead atoms. The Hall–Kier alpha value is -2.64. The maximum Gasteiger partial charge on any atom is 0.318 e. The van der Waals surface area contributed by atoms with Gasteiger partial charge in [0.25, 0.3) is 5.69 Å². The highest BCUT2D eigenvalue weighted by atomic mass is 16.6. The van der Waals surface area contributed by atoms with Crippen molar-refractivity contribution in [2.24, 2.45) is 5.92 Å². The summed E-state index contributed by atoms with van der Waals surface area (Å²) < 4.78 is 9.91. The zero-order valence-corrected chi connectivity index (χ0v) is 11.5. The second-order valence-electron chi connectivity index (χ2n) is 4.34. The summed E-state index contributed by atoms with van der Waals surface area (Å²) in [7, 11) is 1.39. The number of nitro groups is 1. The smallest absolute Gasteiger partial charge is 0.318 e. The topological polar surface area (TPSA) is 108 Å². The summed E-state index contributed by atoms with van der Waals surface area (Å²) >= 11 is 0. The summed E-state index contributed by atoms with van der Waals surface area (Å²) in [6, 6.07) is 2.59.